The average molecular weight is 330 g/mol. The number of hydrogen-bond donors (Lipinski definition) is 1. The molecule has 0 aliphatic carbocycles. The Bertz CT molecular complexity index is 714. The summed E-state index contributed by atoms with van der Waals surface area (Å²) in [5.74, 6) is 0. The fraction of sp³-hybridized carbons (Fsp3) is 0.273. The standard InChI is InChI=1S/C11H12ClN5O3S/c1-16-11(19)17(15-14-16)9-5-3-4-8(12)7(9)6-20-13-10(18)21-2/h3-5H,6H2,1-2H3,(H,13,18). The number of thioether (sulfide) groups is 1. The van der Waals surface area contributed by atoms with Gasteiger partial charge in [0.05, 0.1) is 5.69 Å². The summed E-state index contributed by atoms with van der Waals surface area (Å²) in [6, 6.07) is 5.00. The van der Waals surface area contributed by atoms with Crippen LogP contribution in [-0.2, 0) is 18.5 Å². The number of hydrogen-bond acceptors (Lipinski definition) is 6. The number of halogens is 1. The molecular weight excluding hydrogens is 318 g/mol. The highest BCUT2D eigenvalue weighted by molar-refractivity contribution is 8.12. The first-order valence-corrected chi connectivity index (χ1v) is 7.37. The predicted molar refractivity (Wildman–Crippen MR) is 78.4 cm³/mol. The van der Waals surface area contributed by atoms with Gasteiger partial charge in [-0.15, -0.1) is 0 Å². The number of amides is 1. The summed E-state index contributed by atoms with van der Waals surface area (Å²) in [4.78, 5) is 28.1. The molecule has 0 saturated heterocycles. The van der Waals surface area contributed by atoms with E-state index < -0.39 is 5.69 Å². The van der Waals surface area contributed by atoms with Crippen molar-refractivity contribution >= 4 is 28.6 Å². The van der Waals surface area contributed by atoms with Crippen LogP contribution in [0.5, 0.6) is 0 Å². The van der Waals surface area contributed by atoms with E-state index in [9.17, 15) is 9.59 Å². The van der Waals surface area contributed by atoms with Gasteiger partial charge in [-0.05, 0) is 28.8 Å². The molecule has 0 aliphatic heterocycles. The van der Waals surface area contributed by atoms with Crippen molar-refractivity contribution < 1.29 is 9.63 Å². The van der Waals surface area contributed by atoms with Crippen LogP contribution < -0.4 is 11.2 Å². The average Bonchev–Trinajstić information content (AvgIpc) is 2.80. The van der Waals surface area contributed by atoms with Gasteiger partial charge in [0.25, 0.3) is 0 Å². The molecule has 2 rings (SSSR count). The van der Waals surface area contributed by atoms with Crippen LogP contribution in [0.15, 0.2) is 23.0 Å². The Kier molecular flexibility index (Phi) is 4.99. The topological polar surface area (TPSA) is 91.0 Å². The quantitative estimate of drug-likeness (QED) is 0.845. The van der Waals surface area contributed by atoms with Gasteiger partial charge in [-0.1, -0.05) is 29.4 Å². The number of nitrogens with one attached hydrogen (secondary N) is 1. The van der Waals surface area contributed by atoms with E-state index in [1.165, 1.54) is 7.05 Å². The number of aryl methyl sites for hydroxylation is 1. The van der Waals surface area contributed by atoms with Crippen LogP contribution in [0.3, 0.4) is 0 Å². The van der Waals surface area contributed by atoms with E-state index >= 15 is 0 Å². The van der Waals surface area contributed by atoms with Crippen molar-refractivity contribution in [2.24, 2.45) is 7.05 Å². The number of benzene rings is 1. The van der Waals surface area contributed by atoms with E-state index in [1.54, 1.807) is 24.5 Å². The third-order valence-corrected chi connectivity index (χ3v) is 3.41. The van der Waals surface area contributed by atoms with E-state index in [2.05, 4.69) is 15.9 Å². The molecule has 21 heavy (non-hydrogen) atoms. The largest absolute Gasteiger partial charge is 0.368 e. The molecule has 1 N–H and O–H groups in total. The van der Waals surface area contributed by atoms with Crippen molar-refractivity contribution in [3.63, 3.8) is 0 Å². The molecule has 0 saturated carbocycles. The summed E-state index contributed by atoms with van der Waals surface area (Å²) in [5, 5.41) is 7.46. The summed E-state index contributed by atoms with van der Waals surface area (Å²) in [5.41, 5.74) is 2.79. The van der Waals surface area contributed by atoms with Crippen molar-refractivity contribution in [2.45, 2.75) is 6.61 Å². The van der Waals surface area contributed by atoms with E-state index in [0.29, 0.717) is 16.3 Å². The third-order valence-electron chi connectivity index (χ3n) is 2.60. The molecule has 112 valence electrons. The Morgan fingerprint density at radius 2 is 2.24 bits per heavy atom. The third kappa shape index (κ3) is 3.43. The minimum atomic E-state index is -0.410. The number of tetrazole rings is 1. The second kappa shape index (κ2) is 6.74. The maximum Gasteiger partial charge on any atom is 0.368 e. The Balaban J connectivity index is 2.30. The van der Waals surface area contributed by atoms with Gasteiger partial charge < -0.3 is 0 Å². The van der Waals surface area contributed by atoms with Gasteiger partial charge >= 0.3 is 10.9 Å². The van der Waals surface area contributed by atoms with E-state index in [0.717, 1.165) is 21.1 Å². The molecule has 8 nitrogen and oxygen atoms in total. The van der Waals surface area contributed by atoms with Gasteiger partial charge in [0, 0.05) is 17.6 Å². The van der Waals surface area contributed by atoms with Gasteiger partial charge in [-0.25, -0.2) is 10.3 Å². The second-order valence-corrected chi connectivity index (χ2v) is 5.10. The van der Waals surface area contributed by atoms with Crippen LogP contribution in [0.1, 0.15) is 5.56 Å². The van der Waals surface area contributed by atoms with E-state index in [4.69, 9.17) is 16.4 Å². The molecule has 0 spiro atoms. The van der Waals surface area contributed by atoms with Crippen LogP contribution in [0, 0.1) is 0 Å². The van der Waals surface area contributed by atoms with Crippen LogP contribution in [0.25, 0.3) is 5.69 Å². The Hall–Kier alpha value is -1.84. The van der Waals surface area contributed by atoms with Gasteiger partial charge in [-0.2, -0.15) is 9.36 Å². The molecule has 0 aliphatic rings. The van der Waals surface area contributed by atoms with Crippen LogP contribution >= 0.6 is 23.4 Å². The maximum absolute atomic E-state index is 11.9. The van der Waals surface area contributed by atoms with Gasteiger partial charge in [0.2, 0.25) is 0 Å². The van der Waals surface area contributed by atoms with Gasteiger partial charge in [0.1, 0.15) is 6.61 Å². The monoisotopic (exact) mass is 329 g/mol. The van der Waals surface area contributed by atoms with Crippen molar-refractivity contribution in [3.05, 3.63) is 39.3 Å². The molecule has 2 aromatic rings. The summed E-state index contributed by atoms with van der Waals surface area (Å²) in [6.07, 6.45) is 1.62. The fourth-order valence-electron chi connectivity index (χ4n) is 1.56. The molecule has 0 atom stereocenters. The Morgan fingerprint density at radius 3 is 2.86 bits per heavy atom. The van der Waals surface area contributed by atoms with E-state index in [1.807, 2.05) is 0 Å². The highest BCUT2D eigenvalue weighted by Crippen LogP contribution is 2.22. The molecule has 1 heterocycles. The van der Waals surface area contributed by atoms with Gasteiger partial charge in [0.15, 0.2) is 0 Å². The maximum atomic E-state index is 11.9. The number of hydroxylamine groups is 1. The van der Waals surface area contributed by atoms with Crippen LogP contribution in [-0.4, -0.2) is 31.3 Å². The molecular formula is C11H12ClN5O3S. The van der Waals surface area contributed by atoms with Crippen LogP contribution in [0.2, 0.25) is 5.02 Å². The normalized spacial score (nSPS) is 10.6. The van der Waals surface area contributed by atoms with Gasteiger partial charge in [-0.3, -0.25) is 9.63 Å². The molecule has 10 heteroatoms. The molecule has 0 bridgehead atoms. The SMILES string of the molecule is CSC(=O)NOCc1c(Cl)cccc1-n1nnn(C)c1=O. The minimum Gasteiger partial charge on any atom is -0.268 e. The van der Waals surface area contributed by atoms with Crippen molar-refractivity contribution in [2.75, 3.05) is 6.26 Å². The molecule has 0 unspecified atom stereocenters. The second-order valence-electron chi connectivity index (χ2n) is 3.92. The lowest BCUT2D eigenvalue weighted by molar-refractivity contribution is 0.0576. The van der Waals surface area contributed by atoms with Crippen molar-refractivity contribution in [1.82, 2.24) is 25.3 Å². The Labute approximate surface area is 129 Å². The lowest BCUT2D eigenvalue weighted by Gasteiger charge is -2.10. The molecule has 0 radical (unpaired) electrons. The lowest BCUT2D eigenvalue weighted by atomic mass is 10.2. The first-order valence-electron chi connectivity index (χ1n) is 5.77. The zero-order valence-corrected chi connectivity index (χ0v) is 12.8. The fourth-order valence-corrected chi connectivity index (χ4v) is 1.93. The van der Waals surface area contributed by atoms with Crippen molar-refractivity contribution in [1.29, 1.82) is 0 Å². The molecule has 0 fully saturated rings. The number of carbonyl (C=O) groups is 1. The smallest absolute Gasteiger partial charge is 0.268 e. The minimum absolute atomic E-state index is 0.00960. The predicted octanol–water partition coefficient (Wildman–Crippen LogP) is 1.12. The number of nitrogens with zero attached hydrogens (tertiary/aromatic N) is 4. The first kappa shape index (κ1) is 15.5. The Morgan fingerprint density at radius 1 is 1.48 bits per heavy atom. The van der Waals surface area contributed by atoms with E-state index in [-0.39, 0.29) is 11.8 Å². The number of aromatic nitrogens is 4. The highest BCUT2D eigenvalue weighted by atomic mass is 35.5. The first-order chi connectivity index (χ1) is 10.0. The zero-order valence-electron chi connectivity index (χ0n) is 11.2. The summed E-state index contributed by atoms with van der Waals surface area (Å²) in [7, 11) is 1.49. The highest BCUT2D eigenvalue weighted by Gasteiger charge is 2.14. The summed E-state index contributed by atoms with van der Waals surface area (Å²) >= 11 is 7.10. The summed E-state index contributed by atoms with van der Waals surface area (Å²) in [6.45, 7) is -0.00960. The molecule has 1 aromatic carbocycles. The number of carbonyl (C=O) groups excluding carboxylic acids is 1. The number of rotatable bonds is 4. The lowest BCUT2D eigenvalue weighted by Crippen LogP contribution is -2.24. The summed E-state index contributed by atoms with van der Waals surface area (Å²) < 4.78 is 2.21. The zero-order chi connectivity index (χ0) is 15.4. The molecule has 1 amide bonds. The molecule has 1 aromatic heterocycles. The van der Waals surface area contributed by atoms with Crippen LogP contribution in [0.4, 0.5) is 4.79 Å². The van der Waals surface area contributed by atoms with Crippen molar-refractivity contribution in [3.8, 4) is 5.69 Å².